The topological polar surface area (TPSA) is 93.1 Å². The fourth-order valence-electron chi connectivity index (χ4n) is 3.07. The van der Waals surface area contributed by atoms with Crippen molar-refractivity contribution in [2.45, 2.75) is 30.6 Å². The van der Waals surface area contributed by atoms with Gasteiger partial charge in [0.1, 0.15) is 5.69 Å². The minimum atomic E-state index is -3.37. The van der Waals surface area contributed by atoms with Crippen LogP contribution in [0.15, 0.2) is 35.6 Å². The fourth-order valence-corrected chi connectivity index (χ4v) is 4.00. The summed E-state index contributed by atoms with van der Waals surface area (Å²) in [5.74, 6) is -0.295. The molecule has 0 bridgehead atoms. The Kier molecular flexibility index (Phi) is 4.80. The van der Waals surface area contributed by atoms with Crippen LogP contribution in [0.1, 0.15) is 40.6 Å². The summed E-state index contributed by atoms with van der Waals surface area (Å²) in [5.41, 5.74) is 1.59. The van der Waals surface area contributed by atoms with Gasteiger partial charge in [0.25, 0.3) is 5.91 Å². The maximum absolute atomic E-state index is 12.7. The lowest BCUT2D eigenvalue weighted by Gasteiger charge is -2.32. The molecule has 25 heavy (non-hydrogen) atoms. The largest absolute Gasteiger partial charge is 0.337 e. The summed E-state index contributed by atoms with van der Waals surface area (Å²) in [4.78, 5) is 27.2. The first-order chi connectivity index (χ1) is 11.9. The van der Waals surface area contributed by atoms with Crippen LogP contribution in [0.2, 0.25) is 0 Å². The molecule has 132 valence electrons. The van der Waals surface area contributed by atoms with Gasteiger partial charge in [-0.25, -0.2) is 13.4 Å². The summed E-state index contributed by atoms with van der Waals surface area (Å²) < 4.78 is 24.1. The average molecular weight is 360 g/mol. The molecule has 0 saturated carbocycles. The maximum Gasteiger partial charge on any atom is 0.274 e. The van der Waals surface area contributed by atoms with Crippen LogP contribution < -0.4 is 0 Å². The number of carbonyl (C=O) groups excluding carboxylic acids is 1. The van der Waals surface area contributed by atoms with E-state index in [1.807, 2.05) is 6.92 Å². The van der Waals surface area contributed by atoms with Gasteiger partial charge in [-0.1, -0.05) is 0 Å². The molecule has 1 saturated heterocycles. The molecule has 0 radical (unpaired) electrons. The van der Waals surface area contributed by atoms with Crippen molar-refractivity contribution in [3.8, 4) is 0 Å². The summed E-state index contributed by atoms with van der Waals surface area (Å²) in [6.07, 6.45) is 7.40. The Bertz CT molecular complexity index is 881. The number of nitrogens with zero attached hydrogens (tertiary/aromatic N) is 4. The van der Waals surface area contributed by atoms with E-state index in [1.54, 1.807) is 29.4 Å². The van der Waals surface area contributed by atoms with Crippen LogP contribution in [-0.4, -0.2) is 53.5 Å². The van der Waals surface area contributed by atoms with Gasteiger partial charge in [0.15, 0.2) is 9.84 Å². The Balaban J connectivity index is 1.85. The molecule has 3 rings (SSSR count). The number of carbonyl (C=O) groups is 1. The molecule has 1 atom stereocenters. The number of rotatable bonds is 3. The number of hydrogen-bond acceptors (Lipinski definition) is 6. The van der Waals surface area contributed by atoms with E-state index in [-0.39, 0.29) is 16.7 Å². The molecule has 1 aliphatic heterocycles. The predicted octanol–water partition coefficient (Wildman–Crippen LogP) is 1.60. The molecule has 0 aliphatic carbocycles. The van der Waals surface area contributed by atoms with Crippen LogP contribution in [0.3, 0.4) is 0 Å². The summed E-state index contributed by atoms with van der Waals surface area (Å²) in [6.45, 7) is 2.85. The second-order valence-corrected chi connectivity index (χ2v) is 8.28. The second kappa shape index (κ2) is 6.87. The minimum Gasteiger partial charge on any atom is -0.337 e. The van der Waals surface area contributed by atoms with Crippen molar-refractivity contribution in [2.75, 3.05) is 19.3 Å². The van der Waals surface area contributed by atoms with Crippen LogP contribution in [0.4, 0.5) is 0 Å². The van der Waals surface area contributed by atoms with Crippen LogP contribution >= 0.6 is 0 Å². The van der Waals surface area contributed by atoms with E-state index in [0.29, 0.717) is 24.5 Å². The third kappa shape index (κ3) is 3.84. The lowest BCUT2D eigenvalue weighted by molar-refractivity contribution is 0.0698. The van der Waals surface area contributed by atoms with Crippen molar-refractivity contribution >= 4 is 15.7 Å². The van der Waals surface area contributed by atoms with E-state index in [1.165, 1.54) is 12.5 Å². The Morgan fingerprint density at radius 3 is 2.72 bits per heavy atom. The van der Waals surface area contributed by atoms with Gasteiger partial charge in [0, 0.05) is 37.7 Å². The van der Waals surface area contributed by atoms with E-state index in [4.69, 9.17) is 0 Å². The zero-order valence-corrected chi connectivity index (χ0v) is 15.0. The van der Waals surface area contributed by atoms with E-state index in [2.05, 4.69) is 15.0 Å². The minimum absolute atomic E-state index is 0.109. The second-order valence-electron chi connectivity index (χ2n) is 6.29. The number of aromatic nitrogens is 3. The summed E-state index contributed by atoms with van der Waals surface area (Å²) in [5, 5.41) is 0. The molecular formula is C17H20N4O3S. The summed E-state index contributed by atoms with van der Waals surface area (Å²) >= 11 is 0. The molecule has 7 nitrogen and oxygen atoms in total. The van der Waals surface area contributed by atoms with Gasteiger partial charge in [0.05, 0.1) is 22.5 Å². The molecule has 1 aliphatic rings. The Labute approximate surface area is 147 Å². The van der Waals surface area contributed by atoms with E-state index in [0.717, 1.165) is 18.5 Å². The Morgan fingerprint density at radius 1 is 1.24 bits per heavy atom. The highest BCUT2D eigenvalue weighted by atomic mass is 32.2. The van der Waals surface area contributed by atoms with Crippen LogP contribution in [0.25, 0.3) is 0 Å². The summed E-state index contributed by atoms with van der Waals surface area (Å²) in [7, 11) is -3.37. The van der Waals surface area contributed by atoms with Gasteiger partial charge in [-0.05, 0) is 31.9 Å². The SMILES string of the molecule is Cc1cnc(C(=O)N2CCC[C@H](c3ncccc3S(C)(=O)=O)C2)cn1. The quantitative estimate of drug-likeness (QED) is 0.825. The Hall–Kier alpha value is -2.35. The molecule has 2 aromatic rings. The third-order valence-corrected chi connectivity index (χ3v) is 5.44. The molecular weight excluding hydrogens is 340 g/mol. The first-order valence-corrected chi connectivity index (χ1v) is 9.98. The van der Waals surface area contributed by atoms with Crippen molar-refractivity contribution in [2.24, 2.45) is 0 Å². The van der Waals surface area contributed by atoms with Gasteiger partial charge in [-0.3, -0.25) is 14.8 Å². The molecule has 3 heterocycles. The number of hydrogen-bond donors (Lipinski definition) is 0. The highest BCUT2D eigenvalue weighted by Crippen LogP contribution is 2.30. The van der Waals surface area contributed by atoms with Crippen LogP contribution in [0, 0.1) is 6.92 Å². The average Bonchev–Trinajstić information content (AvgIpc) is 2.61. The van der Waals surface area contributed by atoms with E-state index < -0.39 is 9.84 Å². The number of piperidine rings is 1. The predicted molar refractivity (Wildman–Crippen MR) is 92.0 cm³/mol. The van der Waals surface area contributed by atoms with Crippen molar-refractivity contribution in [3.63, 3.8) is 0 Å². The smallest absolute Gasteiger partial charge is 0.274 e. The van der Waals surface area contributed by atoms with Crippen molar-refractivity contribution in [1.82, 2.24) is 19.9 Å². The standard InChI is InChI=1S/C17H20N4O3S/c1-12-9-20-14(10-19-12)17(22)21-8-4-5-13(11-21)16-15(25(2,23)24)6-3-7-18-16/h3,6-7,9-10,13H,4-5,8,11H2,1-2H3/t13-/m0/s1. The van der Waals surface area contributed by atoms with Crippen LogP contribution in [-0.2, 0) is 9.84 Å². The molecule has 2 aromatic heterocycles. The van der Waals surface area contributed by atoms with Crippen molar-refractivity contribution < 1.29 is 13.2 Å². The Morgan fingerprint density at radius 2 is 2.04 bits per heavy atom. The molecule has 0 unspecified atom stereocenters. The van der Waals surface area contributed by atoms with Gasteiger partial charge in [-0.2, -0.15) is 0 Å². The van der Waals surface area contributed by atoms with Gasteiger partial charge in [-0.15, -0.1) is 0 Å². The lowest BCUT2D eigenvalue weighted by Crippen LogP contribution is -2.40. The van der Waals surface area contributed by atoms with Gasteiger partial charge >= 0.3 is 0 Å². The first-order valence-electron chi connectivity index (χ1n) is 8.09. The molecule has 1 fully saturated rings. The number of pyridine rings is 1. The zero-order valence-electron chi connectivity index (χ0n) is 14.2. The molecule has 0 spiro atoms. The molecule has 0 N–H and O–H groups in total. The number of sulfone groups is 1. The van der Waals surface area contributed by atoms with Gasteiger partial charge in [0.2, 0.25) is 0 Å². The molecule has 0 aromatic carbocycles. The molecule has 8 heteroatoms. The fraction of sp³-hybridized carbons (Fsp3) is 0.412. The third-order valence-electron chi connectivity index (χ3n) is 4.29. The van der Waals surface area contributed by atoms with E-state index >= 15 is 0 Å². The number of aryl methyl sites for hydroxylation is 1. The van der Waals surface area contributed by atoms with Crippen molar-refractivity contribution in [3.05, 3.63) is 47.8 Å². The van der Waals surface area contributed by atoms with Gasteiger partial charge < -0.3 is 4.90 Å². The number of amides is 1. The highest BCUT2D eigenvalue weighted by molar-refractivity contribution is 7.90. The number of likely N-dealkylation sites (tertiary alicyclic amines) is 1. The monoisotopic (exact) mass is 360 g/mol. The lowest BCUT2D eigenvalue weighted by atomic mass is 9.94. The zero-order chi connectivity index (χ0) is 18.0. The van der Waals surface area contributed by atoms with Crippen molar-refractivity contribution in [1.29, 1.82) is 0 Å². The van der Waals surface area contributed by atoms with Crippen LogP contribution in [0.5, 0.6) is 0 Å². The van der Waals surface area contributed by atoms with E-state index in [9.17, 15) is 13.2 Å². The molecule has 1 amide bonds. The summed E-state index contributed by atoms with van der Waals surface area (Å²) in [6, 6.07) is 3.19. The maximum atomic E-state index is 12.7. The highest BCUT2D eigenvalue weighted by Gasteiger charge is 2.30. The normalized spacial score (nSPS) is 18.2. The first kappa shape index (κ1) is 17.5.